The van der Waals surface area contributed by atoms with Crippen LogP contribution >= 0.6 is 0 Å². The van der Waals surface area contributed by atoms with Crippen molar-refractivity contribution in [3.05, 3.63) is 0 Å². The van der Waals surface area contributed by atoms with E-state index in [2.05, 4.69) is 0 Å². The molecule has 5 heteroatoms. The molecule has 0 aromatic carbocycles. The van der Waals surface area contributed by atoms with Gasteiger partial charge in [-0.3, -0.25) is 9.59 Å². The molecule has 0 aromatic heterocycles. The smallest absolute Gasteiger partial charge is 0.312 e. The van der Waals surface area contributed by atoms with Gasteiger partial charge < -0.3 is 14.6 Å². The van der Waals surface area contributed by atoms with Crippen molar-refractivity contribution in [3.8, 4) is 0 Å². The van der Waals surface area contributed by atoms with Gasteiger partial charge in [0.25, 0.3) is 0 Å². The Labute approximate surface area is 87.4 Å². The van der Waals surface area contributed by atoms with Crippen LogP contribution in [0, 0.1) is 11.8 Å². The topological polar surface area (TPSA) is 72.8 Å². The number of carboxylic acids is 1. The van der Waals surface area contributed by atoms with E-state index in [-0.39, 0.29) is 18.8 Å². The molecule has 84 valence electrons. The quantitative estimate of drug-likeness (QED) is 0.689. The number of esters is 1. The van der Waals surface area contributed by atoms with Gasteiger partial charge in [-0.2, -0.15) is 0 Å². The van der Waals surface area contributed by atoms with Crippen molar-refractivity contribution in [2.24, 2.45) is 11.8 Å². The molecule has 2 rings (SSSR count). The Morgan fingerprint density at radius 3 is 2.47 bits per heavy atom. The Balaban J connectivity index is 2.14. The molecule has 0 spiro atoms. The van der Waals surface area contributed by atoms with Crippen LogP contribution in [0.1, 0.15) is 19.8 Å². The van der Waals surface area contributed by atoms with Crippen LogP contribution < -0.4 is 0 Å². The fourth-order valence-electron chi connectivity index (χ4n) is 2.53. The summed E-state index contributed by atoms with van der Waals surface area (Å²) in [5, 5.41) is 9.04. The number of carbonyl (C=O) groups is 2. The predicted octanol–water partition coefficient (Wildman–Crippen LogP) is 0.428. The fraction of sp³-hybridized carbons (Fsp3) is 0.800. The van der Waals surface area contributed by atoms with Gasteiger partial charge in [0.2, 0.25) is 0 Å². The Hall–Kier alpha value is -1.10. The van der Waals surface area contributed by atoms with Gasteiger partial charge in [0, 0.05) is 0 Å². The predicted molar refractivity (Wildman–Crippen MR) is 49.1 cm³/mol. The summed E-state index contributed by atoms with van der Waals surface area (Å²) in [6, 6.07) is 0. The highest BCUT2D eigenvalue weighted by Gasteiger charge is 2.56. The molecule has 2 heterocycles. The minimum Gasteiger partial charge on any atom is -0.481 e. The molecule has 2 bridgehead atoms. The van der Waals surface area contributed by atoms with E-state index >= 15 is 0 Å². The molecule has 2 aliphatic rings. The monoisotopic (exact) mass is 214 g/mol. The third-order valence-electron chi connectivity index (χ3n) is 3.12. The molecule has 2 saturated heterocycles. The van der Waals surface area contributed by atoms with Crippen LogP contribution in [0.3, 0.4) is 0 Å². The van der Waals surface area contributed by atoms with E-state index in [0.717, 1.165) is 12.8 Å². The Kier molecular flexibility index (Phi) is 2.65. The standard InChI is InChI=1S/C10H14O5/c1-2-14-10(13)8-6-4-3-5(15-6)7(8)9(11)12/h5-8H,2-4H2,1H3,(H,11,12)/t5-,6-,7+,8-/m0/s1. The molecular formula is C10H14O5. The number of fused-ring (bicyclic) bond motifs is 2. The zero-order chi connectivity index (χ0) is 11.0. The minimum atomic E-state index is -0.958. The molecule has 4 atom stereocenters. The van der Waals surface area contributed by atoms with Gasteiger partial charge in [-0.25, -0.2) is 0 Å². The molecule has 0 aromatic rings. The first-order valence-electron chi connectivity index (χ1n) is 5.20. The van der Waals surface area contributed by atoms with Crippen molar-refractivity contribution < 1.29 is 24.2 Å². The minimum absolute atomic E-state index is 0.254. The number of rotatable bonds is 3. The lowest BCUT2D eigenvalue weighted by atomic mass is 9.79. The maximum absolute atomic E-state index is 11.6. The largest absolute Gasteiger partial charge is 0.481 e. The highest BCUT2D eigenvalue weighted by molar-refractivity contribution is 5.83. The van der Waals surface area contributed by atoms with Gasteiger partial charge in [0.05, 0.1) is 30.7 Å². The van der Waals surface area contributed by atoms with Crippen molar-refractivity contribution in [2.45, 2.75) is 32.0 Å². The van der Waals surface area contributed by atoms with Crippen LogP contribution in [0.2, 0.25) is 0 Å². The second-order valence-electron chi connectivity index (χ2n) is 3.93. The Bertz CT molecular complexity index is 288. The lowest BCUT2D eigenvalue weighted by molar-refractivity contribution is -0.157. The first-order chi connectivity index (χ1) is 7.15. The van der Waals surface area contributed by atoms with Crippen LogP contribution in [-0.2, 0) is 19.1 Å². The summed E-state index contributed by atoms with van der Waals surface area (Å²) >= 11 is 0. The van der Waals surface area contributed by atoms with Crippen molar-refractivity contribution in [1.82, 2.24) is 0 Å². The van der Waals surface area contributed by atoms with Gasteiger partial charge in [0.1, 0.15) is 0 Å². The summed E-state index contributed by atoms with van der Waals surface area (Å²) in [5.74, 6) is -2.72. The lowest BCUT2D eigenvalue weighted by Crippen LogP contribution is -2.39. The van der Waals surface area contributed by atoms with E-state index in [9.17, 15) is 9.59 Å². The van der Waals surface area contributed by atoms with E-state index in [1.54, 1.807) is 6.92 Å². The first kappa shape index (κ1) is 10.4. The number of ether oxygens (including phenoxy) is 2. The maximum Gasteiger partial charge on any atom is 0.312 e. The second kappa shape index (κ2) is 3.81. The fourth-order valence-corrected chi connectivity index (χ4v) is 2.53. The zero-order valence-electron chi connectivity index (χ0n) is 8.51. The van der Waals surface area contributed by atoms with Crippen molar-refractivity contribution in [2.75, 3.05) is 6.61 Å². The molecule has 0 aliphatic carbocycles. The molecule has 2 fully saturated rings. The molecular weight excluding hydrogens is 200 g/mol. The zero-order valence-corrected chi connectivity index (χ0v) is 8.51. The summed E-state index contributed by atoms with van der Waals surface area (Å²) in [4.78, 5) is 22.6. The average molecular weight is 214 g/mol. The van der Waals surface area contributed by atoms with E-state index in [4.69, 9.17) is 14.6 Å². The molecule has 0 unspecified atom stereocenters. The van der Waals surface area contributed by atoms with Crippen molar-refractivity contribution in [3.63, 3.8) is 0 Å². The normalized spacial score (nSPS) is 37.9. The molecule has 2 aliphatic heterocycles. The molecule has 1 N–H and O–H groups in total. The summed E-state index contributed by atoms with van der Waals surface area (Å²) in [7, 11) is 0. The van der Waals surface area contributed by atoms with E-state index < -0.39 is 23.8 Å². The van der Waals surface area contributed by atoms with Crippen LogP contribution in [0.5, 0.6) is 0 Å². The third-order valence-corrected chi connectivity index (χ3v) is 3.12. The summed E-state index contributed by atoms with van der Waals surface area (Å²) in [5.41, 5.74) is 0. The van der Waals surface area contributed by atoms with E-state index in [1.807, 2.05) is 0 Å². The van der Waals surface area contributed by atoms with Crippen LogP contribution in [0.4, 0.5) is 0 Å². The van der Waals surface area contributed by atoms with Crippen molar-refractivity contribution in [1.29, 1.82) is 0 Å². The molecule has 0 saturated carbocycles. The number of aliphatic carboxylic acids is 1. The van der Waals surface area contributed by atoms with E-state index in [0.29, 0.717) is 0 Å². The van der Waals surface area contributed by atoms with Gasteiger partial charge in [-0.05, 0) is 19.8 Å². The number of carboxylic acid groups (broad SMARTS) is 1. The summed E-state index contributed by atoms with van der Waals surface area (Å²) in [6.45, 7) is 1.99. The molecule has 5 nitrogen and oxygen atoms in total. The summed E-state index contributed by atoms with van der Waals surface area (Å²) < 4.78 is 10.3. The highest BCUT2D eigenvalue weighted by atomic mass is 16.5. The van der Waals surface area contributed by atoms with Crippen LogP contribution in [0.25, 0.3) is 0 Å². The highest BCUT2D eigenvalue weighted by Crippen LogP contribution is 2.44. The average Bonchev–Trinajstić information content (AvgIpc) is 2.76. The Morgan fingerprint density at radius 1 is 1.33 bits per heavy atom. The number of hydrogen-bond donors (Lipinski definition) is 1. The molecule has 0 radical (unpaired) electrons. The first-order valence-corrected chi connectivity index (χ1v) is 5.20. The van der Waals surface area contributed by atoms with Gasteiger partial charge in [0.15, 0.2) is 0 Å². The number of hydrogen-bond acceptors (Lipinski definition) is 4. The maximum atomic E-state index is 11.6. The van der Waals surface area contributed by atoms with Gasteiger partial charge in [-0.1, -0.05) is 0 Å². The van der Waals surface area contributed by atoms with Crippen LogP contribution in [0.15, 0.2) is 0 Å². The second-order valence-corrected chi connectivity index (χ2v) is 3.93. The van der Waals surface area contributed by atoms with Crippen LogP contribution in [-0.4, -0.2) is 35.9 Å². The SMILES string of the molecule is CCOC(=O)[C@@H]1[C@H](C(=O)O)[C@@H]2CC[C@@H]1O2. The van der Waals surface area contributed by atoms with Gasteiger partial charge in [-0.15, -0.1) is 0 Å². The summed E-state index contributed by atoms with van der Waals surface area (Å²) in [6.07, 6.45) is 0.937. The van der Waals surface area contributed by atoms with Crippen molar-refractivity contribution >= 4 is 11.9 Å². The molecule has 15 heavy (non-hydrogen) atoms. The van der Waals surface area contributed by atoms with E-state index in [1.165, 1.54) is 0 Å². The Morgan fingerprint density at radius 2 is 1.93 bits per heavy atom. The lowest BCUT2D eigenvalue weighted by Gasteiger charge is -2.22. The number of carbonyl (C=O) groups excluding carboxylic acids is 1. The molecule has 0 amide bonds. The van der Waals surface area contributed by atoms with Gasteiger partial charge >= 0.3 is 11.9 Å². The third kappa shape index (κ3) is 1.61.